The number of hydrogen-bond acceptors (Lipinski definition) is 2. The molecular weight excluding hydrogens is 305 g/mol. The first kappa shape index (κ1) is 14.8. The number of nitrogens with one attached hydrogen (secondary N) is 2. The van der Waals surface area contributed by atoms with E-state index in [9.17, 15) is 9.18 Å². The molecule has 1 aliphatic rings. The van der Waals surface area contributed by atoms with Crippen LogP contribution in [0.4, 0.5) is 15.8 Å². The Bertz CT molecular complexity index is 914. The number of amides is 1. The number of rotatable bonds is 2. The van der Waals surface area contributed by atoms with Crippen LogP contribution in [0.1, 0.15) is 17.7 Å². The Morgan fingerprint density at radius 3 is 2.79 bits per heavy atom. The summed E-state index contributed by atoms with van der Waals surface area (Å²) in [5.41, 5.74) is 10.2. The molecule has 1 aliphatic carbocycles. The Balaban J connectivity index is 1.57. The van der Waals surface area contributed by atoms with Gasteiger partial charge in [-0.1, -0.05) is 0 Å². The lowest BCUT2D eigenvalue weighted by Crippen LogP contribution is -2.28. The van der Waals surface area contributed by atoms with Gasteiger partial charge in [-0.2, -0.15) is 0 Å². The van der Waals surface area contributed by atoms with Gasteiger partial charge in [0.2, 0.25) is 5.91 Å². The third kappa shape index (κ3) is 2.62. The average molecular weight is 323 g/mol. The highest BCUT2D eigenvalue weighted by Gasteiger charge is 2.27. The van der Waals surface area contributed by atoms with Crippen LogP contribution >= 0.6 is 0 Å². The van der Waals surface area contributed by atoms with Gasteiger partial charge in [-0.15, -0.1) is 0 Å². The lowest BCUT2D eigenvalue weighted by atomic mass is 9.85. The summed E-state index contributed by atoms with van der Waals surface area (Å²) in [6.07, 6.45) is 2.20. The molecule has 24 heavy (non-hydrogen) atoms. The molecule has 122 valence electrons. The summed E-state index contributed by atoms with van der Waals surface area (Å²) < 4.78 is 13.6. The highest BCUT2D eigenvalue weighted by molar-refractivity contribution is 5.94. The molecule has 2 aromatic carbocycles. The van der Waals surface area contributed by atoms with Crippen molar-refractivity contribution in [3.05, 3.63) is 59.5 Å². The predicted molar refractivity (Wildman–Crippen MR) is 93.3 cm³/mol. The van der Waals surface area contributed by atoms with Crippen LogP contribution in [0, 0.1) is 11.7 Å². The molecular formula is C19H18FN3O. The largest absolute Gasteiger partial charge is 0.399 e. The number of aromatic amines is 1. The maximum atomic E-state index is 13.6. The Labute approximate surface area is 138 Å². The standard InChI is InChI=1S/C19H18FN3O/c20-12-2-8-18-16(10-12)15-9-11(1-7-17(15)23-18)19(24)22-14-5-3-13(21)4-6-14/h2-6,8,10-11,23H,1,7,9,21H2,(H,22,24). The smallest absolute Gasteiger partial charge is 0.227 e. The summed E-state index contributed by atoms with van der Waals surface area (Å²) in [6.45, 7) is 0. The monoisotopic (exact) mass is 323 g/mol. The van der Waals surface area contributed by atoms with E-state index in [-0.39, 0.29) is 17.6 Å². The molecule has 4 nitrogen and oxygen atoms in total. The average Bonchev–Trinajstić information content (AvgIpc) is 2.94. The van der Waals surface area contributed by atoms with Crippen molar-refractivity contribution in [1.82, 2.24) is 4.98 Å². The van der Waals surface area contributed by atoms with Crippen molar-refractivity contribution in [2.45, 2.75) is 19.3 Å². The number of nitrogen functional groups attached to an aromatic ring is 1. The molecule has 0 saturated heterocycles. The molecule has 0 spiro atoms. The summed E-state index contributed by atoms with van der Waals surface area (Å²) in [5.74, 6) is -0.369. The van der Waals surface area contributed by atoms with E-state index in [2.05, 4.69) is 10.3 Å². The molecule has 0 saturated carbocycles. The summed E-state index contributed by atoms with van der Waals surface area (Å²) in [5, 5.41) is 3.83. The number of carbonyl (C=O) groups excluding carboxylic acids is 1. The van der Waals surface area contributed by atoms with E-state index in [1.807, 2.05) is 0 Å². The molecule has 0 aliphatic heterocycles. The first-order valence-corrected chi connectivity index (χ1v) is 8.05. The number of hydrogen-bond donors (Lipinski definition) is 3. The zero-order chi connectivity index (χ0) is 16.7. The molecule has 4 rings (SSSR count). The van der Waals surface area contributed by atoms with Crippen LogP contribution < -0.4 is 11.1 Å². The first-order valence-electron chi connectivity index (χ1n) is 8.05. The molecule has 1 aromatic heterocycles. The lowest BCUT2D eigenvalue weighted by molar-refractivity contribution is -0.120. The Morgan fingerprint density at radius 1 is 1.21 bits per heavy atom. The third-order valence-electron chi connectivity index (χ3n) is 4.70. The van der Waals surface area contributed by atoms with Crippen LogP contribution in [-0.2, 0) is 17.6 Å². The van der Waals surface area contributed by atoms with Gasteiger partial charge in [-0.25, -0.2) is 4.39 Å². The highest BCUT2D eigenvalue weighted by atomic mass is 19.1. The number of halogens is 1. The second-order valence-electron chi connectivity index (χ2n) is 6.32. The van der Waals surface area contributed by atoms with Gasteiger partial charge in [0.1, 0.15) is 5.82 Å². The van der Waals surface area contributed by atoms with E-state index in [4.69, 9.17) is 5.73 Å². The number of anilines is 2. The molecule has 1 atom stereocenters. The van der Waals surface area contributed by atoms with Crippen LogP contribution in [-0.4, -0.2) is 10.9 Å². The number of fused-ring (bicyclic) bond motifs is 3. The van der Waals surface area contributed by atoms with Crippen LogP contribution in [0.5, 0.6) is 0 Å². The van der Waals surface area contributed by atoms with Crippen molar-refractivity contribution < 1.29 is 9.18 Å². The summed E-state index contributed by atoms with van der Waals surface area (Å²) in [4.78, 5) is 15.9. The maximum Gasteiger partial charge on any atom is 0.227 e. The van der Waals surface area contributed by atoms with Crippen molar-refractivity contribution in [1.29, 1.82) is 0 Å². The van der Waals surface area contributed by atoms with E-state index in [0.29, 0.717) is 12.1 Å². The van der Waals surface area contributed by atoms with Gasteiger partial charge < -0.3 is 16.0 Å². The van der Waals surface area contributed by atoms with Crippen LogP contribution in [0.15, 0.2) is 42.5 Å². The van der Waals surface area contributed by atoms with Crippen molar-refractivity contribution in [3.8, 4) is 0 Å². The van der Waals surface area contributed by atoms with E-state index < -0.39 is 0 Å². The normalized spacial score (nSPS) is 16.8. The number of aryl methyl sites for hydroxylation is 1. The molecule has 3 aromatic rings. The first-order chi connectivity index (χ1) is 11.6. The van der Waals surface area contributed by atoms with E-state index >= 15 is 0 Å². The van der Waals surface area contributed by atoms with Gasteiger partial charge in [0, 0.05) is 33.9 Å². The second kappa shape index (κ2) is 5.67. The molecule has 0 fully saturated rings. The van der Waals surface area contributed by atoms with Crippen molar-refractivity contribution in [2.24, 2.45) is 5.92 Å². The fraction of sp³-hybridized carbons (Fsp3) is 0.211. The lowest BCUT2D eigenvalue weighted by Gasteiger charge is -2.22. The van der Waals surface area contributed by atoms with Crippen molar-refractivity contribution in [3.63, 3.8) is 0 Å². The molecule has 5 heteroatoms. The summed E-state index contributed by atoms with van der Waals surface area (Å²) >= 11 is 0. The minimum absolute atomic E-state index is 0.00354. The third-order valence-corrected chi connectivity index (χ3v) is 4.70. The van der Waals surface area contributed by atoms with Crippen LogP contribution in [0.3, 0.4) is 0 Å². The number of nitrogens with two attached hydrogens (primary N) is 1. The number of H-pyrrole nitrogens is 1. The Kier molecular flexibility index (Phi) is 3.49. The van der Waals surface area contributed by atoms with Crippen molar-refractivity contribution in [2.75, 3.05) is 11.1 Å². The van der Waals surface area contributed by atoms with Crippen LogP contribution in [0.2, 0.25) is 0 Å². The minimum atomic E-state index is -0.252. The van der Waals surface area contributed by atoms with E-state index in [1.165, 1.54) is 6.07 Å². The van der Waals surface area contributed by atoms with Gasteiger partial charge in [0.15, 0.2) is 0 Å². The van der Waals surface area contributed by atoms with Gasteiger partial charge in [-0.3, -0.25) is 4.79 Å². The quantitative estimate of drug-likeness (QED) is 0.630. The topological polar surface area (TPSA) is 70.9 Å². The number of aromatic nitrogens is 1. The van der Waals surface area contributed by atoms with Crippen molar-refractivity contribution >= 4 is 28.2 Å². The van der Waals surface area contributed by atoms with Gasteiger partial charge >= 0.3 is 0 Å². The van der Waals surface area contributed by atoms with Gasteiger partial charge in [0.25, 0.3) is 0 Å². The highest BCUT2D eigenvalue weighted by Crippen LogP contribution is 2.32. The molecule has 4 N–H and O–H groups in total. The predicted octanol–water partition coefficient (Wildman–Crippen LogP) is 3.63. The molecule has 0 radical (unpaired) electrons. The molecule has 1 heterocycles. The summed E-state index contributed by atoms with van der Waals surface area (Å²) in [6, 6.07) is 11.9. The zero-order valence-corrected chi connectivity index (χ0v) is 13.1. The Hall–Kier alpha value is -2.82. The summed E-state index contributed by atoms with van der Waals surface area (Å²) in [7, 11) is 0. The second-order valence-corrected chi connectivity index (χ2v) is 6.32. The molecule has 1 amide bonds. The Morgan fingerprint density at radius 2 is 2.00 bits per heavy atom. The number of benzene rings is 2. The zero-order valence-electron chi connectivity index (χ0n) is 13.1. The minimum Gasteiger partial charge on any atom is -0.399 e. The van der Waals surface area contributed by atoms with E-state index in [1.54, 1.807) is 36.4 Å². The van der Waals surface area contributed by atoms with Gasteiger partial charge in [0.05, 0.1) is 0 Å². The number of carbonyl (C=O) groups is 1. The maximum absolute atomic E-state index is 13.6. The van der Waals surface area contributed by atoms with E-state index in [0.717, 1.165) is 40.7 Å². The fourth-order valence-electron chi connectivity index (χ4n) is 3.42. The van der Waals surface area contributed by atoms with Crippen LogP contribution in [0.25, 0.3) is 10.9 Å². The van der Waals surface area contributed by atoms with Gasteiger partial charge in [-0.05, 0) is 67.3 Å². The SMILES string of the molecule is Nc1ccc(NC(=O)C2CCc3[nH]c4ccc(F)cc4c3C2)cc1. The fourth-order valence-corrected chi connectivity index (χ4v) is 3.42. The molecule has 0 bridgehead atoms. The molecule has 1 unspecified atom stereocenters.